The van der Waals surface area contributed by atoms with E-state index in [1.165, 1.54) is 0 Å². The van der Waals surface area contributed by atoms with Gasteiger partial charge in [-0.1, -0.05) is 0 Å². The molecule has 1 aromatic rings. The predicted molar refractivity (Wildman–Crippen MR) is 56.8 cm³/mol. The molecule has 0 aromatic carbocycles. The van der Waals surface area contributed by atoms with Crippen molar-refractivity contribution in [2.75, 3.05) is 26.7 Å². The molecule has 4 heteroatoms. The van der Waals surface area contributed by atoms with Crippen LogP contribution in [-0.4, -0.2) is 41.7 Å². The second-order valence-corrected chi connectivity index (χ2v) is 4.23. The smallest absolute Gasteiger partial charge is 0.197 e. The number of hydrogen-bond acceptors (Lipinski definition) is 4. The lowest BCUT2D eigenvalue weighted by Crippen LogP contribution is -2.29. The van der Waals surface area contributed by atoms with Crippen LogP contribution in [0.15, 0.2) is 10.7 Å². The molecule has 1 aliphatic heterocycles. The number of hydrogen-bond donors (Lipinski definition) is 1. The monoisotopic (exact) mass is 210 g/mol. The fourth-order valence-corrected chi connectivity index (χ4v) is 2.00. The van der Waals surface area contributed by atoms with Gasteiger partial charge in [-0.05, 0) is 33.0 Å². The number of aromatic nitrogens is 1. The molecule has 4 nitrogen and oxygen atoms in total. The summed E-state index contributed by atoms with van der Waals surface area (Å²) in [5, 5.41) is 8.79. The van der Waals surface area contributed by atoms with Gasteiger partial charge in [0.2, 0.25) is 0 Å². The third-order valence-corrected chi connectivity index (χ3v) is 3.01. The second-order valence-electron chi connectivity index (χ2n) is 4.23. The molecular weight excluding hydrogens is 192 g/mol. The third-order valence-electron chi connectivity index (χ3n) is 3.01. The maximum Gasteiger partial charge on any atom is 0.197 e. The highest BCUT2D eigenvalue weighted by molar-refractivity contribution is 5.02. The summed E-state index contributed by atoms with van der Waals surface area (Å²) >= 11 is 0. The number of aliphatic hydroxyl groups is 1. The molecule has 1 N–H and O–H groups in total. The van der Waals surface area contributed by atoms with Crippen LogP contribution in [0.5, 0.6) is 0 Å². The summed E-state index contributed by atoms with van der Waals surface area (Å²) in [6.45, 7) is 2.37. The van der Waals surface area contributed by atoms with Crippen molar-refractivity contribution in [2.45, 2.75) is 25.2 Å². The average molecular weight is 210 g/mol. The zero-order valence-corrected chi connectivity index (χ0v) is 9.15. The Hall–Kier alpha value is -0.870. The summed E-state index contributed by atoms with van der Waals surface area (Å²) in [5.74, 6) is 1.32. The molecule has 15 heavy (non-hydrogen) atoms. The van der Waals surface area contributed by atoms with E-state index in [9.17, 15) is 0 Å². The van der Waals surface area contributed by atoms with E-state index in [2.05, 4.69) is 16.9 Å². The van der Waals surface area contributed by atoms with E-state index in [4.69, 9.17) is 9.52 Å². The Labute approximate surface area is 89.9 Å². The van der Waals surface area contributed by atoms with Gasteiger partial charge >= 0.3 is 0 Å². The first-order chi connectivity index (χ1) is 7.29. The van der Waals surface area contributed by atoms with Crippen LogP contribution in [0.25, 0.3) is 0 Å². The van der Waals surface area contributed by atoms with Gasteiger partial charge in [0.1, 0.15) is 6.26 Å². The van der Waals surface area contributed by atoms with Gasteiger partial charge in [-0.15, -0.1) is 0 Å². The van der Waals surface area contributed by atoms with Gasteiger partial charge < -0.3 is 14.4 Å². The normalized spacial score (nSPS) is 19.6. The molecule has 84 valence electrons. The van der Waals surface area contributed by atoms with Gasteiger partial charge in [0.25, 0.3) is 0 Å². The Kier molecular flexibility index (Phi) is 3.38. The number of piperidine rings is 1. The maximum absolute atomic E-state index is 8.79. The van der Waals surface area contributed by atoms with E-state index in [-0.39, 0.29) is 6.61 Å². The molecule has 0 saturated carbocycles. The van der Waals surface area contributed by atoms with Crippen molar-refractivity contribution >= 4 is 0 Å². The number of likely N-dealkylation sites (tertiary alicyclic amines) is 1. The predicted octanol–water partition coefficient (Wildman–Crippen LogP) is 1.02. The van der Waals surface area contributed by atoms with Gasteiger partial charge in [-0.25, -0.2) is 4.98 Å². The third kappa shape index (κ3) is 2.58. The molecular formula is C11H18N2O2. The van der Waals surface area contributed by atoms with Crippen molar-refractivity contribution in [1.82, 2.24) is 9.88 Å². The van der Waals surface area contributed by atoms with Gasteiger partial charge in [-0.2, -0.15) is 0 Å². The lowest BCUT2D eigenvalue weighted by atomic mass is 9.97. The Bertz CT molecular complexity index is 303. The Balaban J connectivity index is 1.96. The van der Waals surface area contributed by atoms with Crippen LogP contribution < -0.4 is 0 Å². The molecule has 0 atom stereocenters. The van der Waals surface area contributed by atoms with Gasteiger partial charge in [0.05, 0.1) is 5.69 Å². The van der Waals surface area contributed by atoms with Crippen molar-refractivity contribution in [3.8, 4) is 0 Å². The van der Waals surface area contributed by atoms with E-state index in [1.54, 1.807) is 6.26 Å². The van der Waals surface area contributed by atoms with Crippen molar-refractivity contribution < 1.29 is 9.52 Å². The topological polar surface area (TPSA) is 49.5 Å². The Morgan fingerprint density at radius 3 is 2.93 bits per heavy atom. The SMILES string of the molecule is CN1CCC(c2nc(CCO)co2)CC1. The van der Waals surface area contributed by atoms with Gasteiger partial charge in [0.15, 0.2) is 5.89 Å². The van der Waals surface area contributed by atoms with E-state index < -0.39 is 0 Å². The minimum Gasteiger partial charge on any atom is -0.448 e. The first-order valence-corrected chi connectivity index (χ1v) is 5.53. The maximum atomic E-state index is 8.79. The van der Waals surface area contributed by atoms with E-state index in [0.717, 1.165) is 37.5 Å². The highest BCUT2D eigenvalue weighted by Crippen LogP contribution is 2.26. The van der Waals surface area contributed by atoms with Crippen LogP contribution in [0.2, 0.25) is 0 Å². The molecule has 1 fully saturated rings. The number of rotatable bonds is 3. The molecule has 1 aliphatic rings. The van der Waals surface area contributed by atoms with Crippen molar-refractivity contribution in [1.29, 1.82) is 0 Å². The molecule has 2 rings (SSSR count). The minimum atomic E-state index is 0.138. The summed E-state index contributed by atoms with van der Waals surface area (Å²) < 4.78 is 5.45. The average Bonchev–Trinajstić information content (AvgIpc) is 2.68. The highest BCUT2D eigenvalue weighted by atomic mass is 16.3. The lowest BCUT2D eigenvalue weighted by Gasteiger charge is -2.26. The number of oxazole rings is 1. The van der Waals surface area contributed by atoms with Gasteiger partial charge in [0, 0.05) is 18.9 Å². The molecule has 0 amide bonds. The number of nitrogens with zero attached hydrogens (tertiary/aromatic N) is 2. The fraction of sp³-hybridized carbons (Fsp3) is 0.727. The summed E-state index contributed by atoms with van der Waals surface area (Å²) in [6, 6.07) is 0. The lowest BCUT2D eigenvalue weighted by molar-refractivity contribution is 0.237. The molecule has 0 bridgehead atoms. The highest BCUT2D eigenvalue weighted by Gasteiger charge is 2.22. The Morgan fingerprint density at radius 1 is 1.53 bits per heavy atom. The first-order valence-electron chi connectivity index (χ1n) is 5.53. The summed E-state index contributed by atoms with van der Waals surface area (Å²) in [7, 11) is 2.14. The summed E-state index contributed by atoms with van der Waals surface area (Å²) in [4.78, 5) is 6.73. The molecule has 0 aliphatic carbocycles. The second kappa shape index (κ2) is 4.77. The van der Waals surface area contributed by atoms with Gasteiger partial charge in [-0.3, -0.25) is 0 Å². The molecule has 0 unspecified atom stereocenters. The Morgan fingerprint density at radius 2 is 2.27 bits per heavy atom. The molecule has 2 heterocycles. The van der Waals surface area contributed by atoms with Crippen molar-refractivity contribution in [3.63, 3.8) is 0 Å². The van der Waals surface area contributed by atoms with Crippen LogP contribution in [-0.2, 0) is 6.42 Å². The fourth-order valence-electron chi connectivity index (χ4n) is 2.00. The van der Waals surface area contributed by atoms with Crippen LogP contribution in [0, 0.1) is 0 Å². The van der Waals surface area contributed by atoms with Crippen molar-refractivity contribution in [2.24, 2.45) is 0 Å². The molecule has 1 saturated heterocycles. The quantitative estimate of drug-likeness (QED) is 0.809. The van der Waals surface area contributed by atoms with E-state index in [1.807, 2.05) is 0 Å². The minimum absolute atomic E-state index is 0.138. The van der Waals surface area contributed by atoms with Crippen LogP contribution in [0.1, 0.15) is 30.3 Å². The zero-order chi connectivity index (χ0) is 10.7. The van der Waals surface area contributed by atoms with E-state index >= 15 is 0 Å². The molecule has 1 aromatic heterocycles. The standard InChI is InChI=1S/C11H18N2O2/c1-13-5-2-9(3-6-13)11-12-10(4-7-14)8-15-11/h8-9,14H,2-7H2,1H3. The van der Waals surface area contributed by atoms with E-state index in [0.29, 0.717) is 12.3 Å². The molecule has 0 spiro atoms. The number of aliphatic hydroxyl groups excluding tert-OH is 1. The summed E-state index contributed by atoms with van der Waals surface area (Å²) in [6.07, 6.45) is 4.51. The van der Waals surface area contributed by atoms with Crippen LogP contribution >= 0.6 is 0 Å². The zero-order valence-electron chi connectivity index (χ0n) is 9.15. The largest absolute Gasteiger partial charge is 0.448 e. The van der Waals surface area contributed by atoms with Crippen molar-refractivity contribution in [3.05, 3.63) is 17.8 Å². The summed E-state index contributed by atoms with van der Waals surface area (Å²) in [5.41, 5.74) is 0.867. The first kappa shape index (κ1) is 10.6. The van der Waals surface area contributed by atoms with Crippen LogP contribution in [0.3, 0.4) is 0 Å². The molecule has 0 radical (unpaired) electrons. The van der Waals surface area contributed by atoms with Crippen LogP contribution in [0.4, 0.5) is 0 Å².